The summed E-state index contributed by atoms with van der Waals surface area (Å²) in [5.74, 6) is -0.952. The average Bonchev–Trinajstić information content (AvgIpc) is 2.56. The Bertz CT molecular complexity index is 674. The number of benzene rings is 1. The summed E-state index contributed by atoms with van der Waals surface area (Å²) in [5.41, 5.74) is 2.90. The standard InChI is InChI=1S/C19H23F2NO/c1-5-12(2)22-13(3)14-9-15(11-16(10-14)23-4)17-7-6-8-18(20)19(17)21/h6-9,11-12,22H,5,10H2,1-4H3/b14-13+. The number of allylic oxidation sites excluding steroid dienone is 5. The molecule has 0 spiro atoms. The molecule has 1 aromatic carbocycles. The van der Waals surface area contributed by atoms with E-state index in [1.54, 1.807) is 19.3 Å². The van der Waals surface area contributed by atoms with Gasteiger partial charge in [-0.3, -0.25) is 0 Å². The molecule has 0 saturated heterocycles. The normalized spacial score (nSPS) is 18.0. The van der Waals surface area contributed by atoms with Crippen molar-refractivity contribution in [1.82, 2.24) is 5.32 Å². The molecule has 1 unspecified atom stereocenters. The Balaban J connectivity index is 2.46. The SMILES string of the molecule is CCC(C)N/C(C)=C1\C=C(c2cccc(F)c2F)C=C(OC)C1. The molecule has 0 aliphatic heterocycles. The van der Waals surface area contributed by atoms with Crippen molar-refractivity contribution < 1.29 is 13.5 Å². The molecule has 0 fully saturated rings. The van der Waals surface area contributed by atoms with Crippen LogP contribution in [-0.4, -0.2) is 13.2 Å². The second-order valence-electron chi connectivity index (χ2n) is 5.80. The molecule has 0 heterocycles. The van der Waals surface area contributed by atoms with E-state index in [1.807, 2.05) is 13.0 Å². The average molecular weight is 319 g/mol. The zero-order valence-corrected chi connectivity index (χ0v) is 14.0. The summed E-state index contributed by atoms with van der Waals surface area (Å²) >= 11 is 0. The summed E-state index contributed by atoms with van der Waals surface area (Å²) in [6.45, 7) is 6.22. The fourth-order valence-corrected chi connectivity index (χ4v) is 2.51. The summed E-state index contributed by atoms with van der Waals surface area (Å²) in [7, 11) is 1.59. The van der Waals surface area contributed by atoms with Crippen molar-refractivity contribution in [3.05, 3.63) is 64.6 Å². The molecule has 0 amide bonds. The van der Waals surface area contributed by atoms with Crippen LogP contribution in [-0.2, 0) is 4.74 Å². The van der Waals surface area contributed by atoms with E-state index in [1.165, 1.54) is 6.07 Å². The first kappa shape index (κ1) is 17.3. The van der Waals surface area contributed by atoms with Crippen LogP contribution in [0.2, 0.25) is 0 Å². The monoisotopic (exact) mass is 319 g/mol. The van der Waals surface area contributed by atoms with Gasteiger partial charge in [0.05, 0.1) is 7.11 Å². The molecule has 0 saturated carbocycles. The molecule has 0 bridgehead atoms. The fourth-order valence-electron chi connectivity index (χ4n) is 2.51. The van der Waals surface area contributed by atoms with E-state index in [0.29, 0.717) is 18.0 Å². The second-order valence-corrected chi connectivity index (χ2v) is 5.80. The molecule has 2 rings (SSSR count). The molecule has 4 heteroatoms. The van der Waals surface area contributed by atoms with Crippen LogP contribution in [0.4, 0.5) is 8.78 Å². The Hall–Kier alpha value is -2.10. The summed E-state index contributed by atoms with van der Waals surface area (Å²) in [6.07, 6.45) is 5.29. The lowest BCUT2D eigenvalue weighted by molar-refractivity contribution is 0.283. The van der Waals surface area contributed by atoms with Crippen LogP contribution in [0.15, 0.2) is 47.4 Å². The molecule has 1 aromatic rings. The van der Waals surface area contributed by atoms with Gasteiger partial charge in [0, 0.05) is 23.7 Å². The molecule has 1 aliphatic carbocycles. The maximum atomic E-state index is 14.1. The van der Waals surface area contributed by atoms with E-state index in [9.17, 15) is 8.78 Å². The van der Waals surface area contributed by atoms with E-state index in [4.69, 9.17) is 4.74 Å². The molecule has 1 N–H and O–H groups in total. The summed E-state index contributed by atoms with van der Waals surface area (Å²) in [6, 6.07) is 4.56. The van der Waals surface area contributed by atoms with Crippen LogP contribution >= 0.6 is 0 Å². The van der Waals surface area contributed by atoms with E-state index in [2.05, 4.69) is 19.2 Å². The van der Waals surface area contributed by atoms with Crippen molar-refractivity contribution in [3.8, 4) is 0 Å². The lowest BCUT2D eigenvalue weighted by Crippen LogP contribution is -2.24. The highest BCUT2D eigenvalue weighted by molar-refractivity contribution is 5.78. The van der Waals surface area contributed by atoms with Crippen LogP contribution in [0.5, 0.6) is 0 Å². The van der Waals surface area contributed by atoms with E-state index in [0.717, 1.165) is 29.5 Å². The quantitative estimate of drug-likeness (QED) is 0.829. The van der Waals surface area contributed by atoms with Gasteiger partial charge in [-0.2, -0.15) is 0 Å². The summed E-state index contributed by atoms with van der Waals surface area (Å²) < 4.78 is 33.0. The second kappa shape index (κ2) is 7.44. The van der Waals surface area contributed by atoms with Gasteiger partial charge in [0.15, 0.2) is 11.6 Å². The zero-order valence-electron chi connectivity index (χ0n) is 14.0. The third kappa shape index (κ3) is 4.01. The zero-order chi connectivity index (χ0) is 17.0. The van der Waals surface area contributed by atoms with Crippen LogP contribution in [0.3, 0.4) is 0 Å². The van der Waals surface area contributed by atoms with Crippen molar-refractivity contribution in [2.45, 2.75) is 39.7 Å². The number of hydrogen-bond acceptors (Lipinski definition) is 2. The van der Waals surface area contributed by atoms with Gasteiger partial charge in [-0.1, -0.05) is 19.1 Å². The highest BCUT2D eigenvalue weighted by Crippen LogP contribution is 2.31. The van der Waals surface area contributed by atoms with Gasteiger partial charge in [0.2, 0.25) is 0 Å². The van der Waals surface area contributed by atoms with Gasteiger partial charge in [0.1, 0.15) is 5.76 Å². The summed E-state index contributed by atoms with van der Waals surface area (Å²) in [4.78, 5) is 0. The van der Waals surface area contributed by atoms with Crippen LogP contribution < -0.4 is 5.32 Å². The number of nitrogens with one attached hydrogen (secondary N) is 1. The lowest BCUT2D eigenvalue weighted by atomic mass is 9.93. The first-order chi connectivity index (χ1) is 11.0. The topological polar surface area (TPSA) is 21.3 Å². The highest BCUT2D eigenvalue weighted by atomic mass is 19.2. The van der Waals surface area contributed by atoms with Crippen LogP contribution in [0.1, 0.15) is 39.2 Å². The smallest absolute Gasteiger partial charge is 0.166 e. The Labute approximate surface area is 136 Å². The predicted octanol–water partition coefficient (Wildman–Crippen LogP) is 4.94. The first-order valence-electron chi connectivity index (χ1n) is 7.83. The van der Waals surface area contributed by atoms with Crippen molar-refractivity contribution >= 4 is 5.57 Å². The molecule has 1 atom stereocenters. The maximum Gasteiger partial charge on any atom is 0.166 e. The Kier molecular flexibility index (Phi) is 5.59. The molecular weight excluding hydrogens is 296 g/mol. The number of rotatable bonds is 5. The van der Waals surface area contributed by atoms with Gasteiger partial charge >= 0.3 is 0 Å². The molecule has 1 aliphatic rings. The largest absolute Gasteiger partial charge is 0.501 e. The Morgan fingerprint density at radius 3 is 2.70 bits per heavy atom. The van der Waals surface area contributed by atoms with Gasteiger partial charge in [0.25, 0.3) is 0 Å². The van der Waals surface area contributed by atoms with Crippen molar-refractivity contribution in [1.29, 1.82) is 0 Å². The number of methoxy groups -OCH3 is 1. The van der Waals surface area contributed by atoms with Gasteiger partial charge in [-0.25, -0.2) is 8.78 Å². The molecule has 2 nitrogen and oxygen atoms in total. The minimum Gasteiger partial charge on any atom is -0.501 e. The fraction of sp³-hybridized carbons (Fsp3) is 0.368. The van der Waals surface area contributed by atoms with Gasteiger partial charge in [-0.15, -0.1) is 0 Å². The molecule has 0 radical (unpaired) electrons. The molecule has 23 heavy (non-hydrogen) atoms. The summed E-state index contributed by atoms with van der Waals surface area (Å²) in [5, 5.41) is 3.43. The van der Waals surface area contributed by atoms with Gasteiger partial charge < -0.3 is 10.1 Å². The van der Waals surface area contributed by atoms with Crippen molar-refractivity contribution in [2.75, 3.05) is 7.11 Å². The van der Waals surface area contributed by atoms with Crippen molar-refractivity contribution in [2.24, 2.45) is 0 Å². The third-order valence-corrected chi connectivity index (χ3v) is 4.09. The number of hydrogen-bond donors (Lipinski definition) is 1. The van der Waals surface area contributed by atoms with Crippen molar-refractivity contribution in [3.63, 3.8) is 0 Å². The van der Waals surface area contributed by atoms with E-state index >= 15 is 0 Å². The van der Waals surface area contributed by atoms with E-state index in [-0.39, 0.29) is 5.56 Å². The van der Waals surface area contributed by atoms with Gasteiger partial charge in [-0.05, 0) is 49.6 Å². The lowest BCUT2D eigenvalue weighted by Gasteiger charge is -2.21. The maximum absolute atomic E-state index is 14.1. The number of halogens is 2. The van der Waals surface area contributed by atoms with Crippen LogP contribution in [0.25, 0.3) is 5.57 Å². The Morgan fingerprint density at radius 1 is 1.30 bits per heavy atom. The first-order valence-corrected chi connectivity index (χ1v) is 7.83. The molecule has 0 aromatic heterocycles. The van der Waals surface area contributed by atoms with Crippen LogP contribution in [0, 0.1) is 11.6 Å². The highest BCUT2D eigenvalue weighted by Gasteiger charge is 2.17. The minimum atomic E-state index is -0.846. The predicted molar refractivity (Wildman–Crippen MR) is 89.6 cm³/mol. The Morgan fingerprint density at radius 2 is 2.04 bits per heavy atom. The van der Waals surface area contributed by atoms with E-state index < -0.39 is 11.6 Å². The minimum absolute atomic E-state index is 0.244. The number of ether oxygens (including phenoxy) is 1. The molecule has 124 valence electrons. The molecular formula is C19H23F2NO. The third-order valence-electron chi connectivity index (χ3n) is 4.09.